The third-order valence-electron chi connectivity index (χ3n) is 5.85. The molecule has 1 aromatic carbocycles. The topological polar surface area (TPSA) is 60.7 Å². The molecule has 1 N–H and O–H groups in total. The van der Waals surface area contributed by atoms with E-state index in [2.05, 4.69) is 33.8 Å². The average molecular weight is 456 g/mol. The number of aromatic hydroxyl groups is 1. The maximum Gasteiger partial charge on any atom is 0.297 e. The Morgan fingerprint density at radius 2 is 1.76 bits per heavy atom. The first-order chi connectivity index (χ1) is 15.9. The van der Waals surface area contributed by atoms with E-state index in [0.29, 0.717) is 24.4 Å². The smallest absolute Gasteiger partial charge is 0.297 e. The molecule has 2 aromatic rings. The number of nitrogens with zero attached hydrogens (tertiary/aromatic N) is 1. The molecule has 5 nitrogen and oxygen atoms in total. The Hall–Kier alpha value is -2.69. The molecule has 0 atom stereocenters. The van der Waals surface area contributed by atoms with Gasteiger partial charge in [0.2, 0.25) is 5.75 Å². The number of ether oxygens (including phenoxy) is 2. The number of phenols is 1. The lowest BCUT2D eigenvalue weighted by Crippen LogP contribution is -2.23. The minimum Gasteiger partial charge on any atom is -0.508 e. The molecule has 33 heavy (non-hydrogen) atoms. The SMILES string of the molecule is CCCCCCCCn1c(=O)c(OC/C=C(\C)CCC=C(C)C)c(OC)c2ccc(O)cc21. The van der Waals surface area contributed by atoms with Gasteiger partial charge in [-0.1, -0.05) is 56.3 Å². The molecular formula is C28H41NO4. The standard InChI is InChI=1S/C28H41NO4/c1-6-7-8-9-10-11-18-29-25-20-23(30)15-16-24(25)26(32-5)27(28(29)31)33-19-17-22(4)14-12-13-21(2)3/h13,15-17,20,30H,6-12,14,18-19H2,1-5H3/b22-17+. The summed E-state index contributed by atoms with van der Waals surface area (Å²) in [5, 5.41) is 10.8. The van der Waals surface area contributed by atoms with Gasteiger partial charge in [-0.15, -0.1) is 0 Å². The summed E-state index contributed by atoms with van der Waals surface area (Å²) in [6, 6.07) is 5.03. The summed E-state index contributed by atoms with van der Waals surface area (Å²) in [6.45, 7) is 9.39. The fourth-order valence-corrected chi connectivity index (χ4v) is 3.95. The molecule has 0 fully saturated rings. The van der Waals surface area contributed by atoms with Gasteiger partial charge in [-0.25, -0.2) is 0 Å². The van der Waals surface area contributed by atoms with E-state index in [1.54, 1.807) is 29.9 Å². The van der Waals surface area contributed by atoms with Crippen molar-refractivity contribution in [1.82, 2.24) is 4.57 Å². The zero-order valence-electron chi connectivity index (χ0n) is 21.1. The van der Waals surface area contributed by atoms with E-state index in [-0.39, 0.29) is 17.1 Å². The van der Waals surface area contributed by atoms with Crippen molar-refractivity contribution in [2.24, 2.45) is 0 Å². The van der Waals surface area contributed by atoms with Crippen LogP contribution in [0.15, 0.2) is 46.3 Å². The normalized spacial score (nSPS) is 11.6. The summed E-state index contributed by atoms with van der Waals surface area (Å²) < 4.78 is 13.3. The lowest BCUT2D eigenvalue weighted by atomic mass is 10.1. The molecule has 0 saturated heterocycles. The van der Waals surface area contributed by atoms with Gasteiger partial charge in [-0.3, -0.25) is 4.79 Å². The van der Waals surface area contributed by atoms with Gasteiger partial charge >= 0.3 is 0 Å². The van der Waals surface area contributed by atoms with Crippen LogP contribution >= 0.6 is 0 Å². The largest absolute Gasteiger partial charge is 0.508 e. The second kappa shape index (κ2) is 13.8. The number of hydrogen-bond acceptors (Lipinski definition) is 4. The van der Waals surface area contributed by atoms with Crippen molar-refractivity contribution < 1.29 is 14.6 Å². The highest BCUT2D eigenvalue weighted by Crippen LogP contribution is 2.34. The second-order valence-electron chi connectivity index (χ2n) is 8.97. The number of benzene rings is 1. The second-order valence-corrected chi connectivity index (χ2v) is 8.97. The molecule has 0 bridgehead atoms. The molecule has 0 spiro atoms. The van der Waals surface area contributed by atoms with E-state index in [4.69, 9.17) is 9.47 Å². The summed E-state index contributed by atoms with van der Waals surface area (Å²) in [5.41, 5.74) is 3.00. The van der Waals surface area contributed by atoms with Crippen LogP contribution in [-0.4, -0.2) is 23.4 Å². The zero-order chi connectivity index (χ0) is 24.2. The van der Waals surface area contributed by atoms with Crippen LogP contribution < -0.4 is 15.0 Å². The first-order valence-corrected chi connectivity index (χ1v) is 12.2. The van der Waals surface area contributed by atoms with Crippen LogP contribution in [-0.2, 0) is 6.54 Å². The molecule has 0 aliphatic carbocycles. The summed E-state index contributed by atoms with van der Waals surface area (Å²) in [4.78, 5) is 13.4. The Balaban J connectivity index is 2.27. The van der Waals surface area contributed by atoms with Gasteiger partial charge in [0.25, 0.3) is 5.56 Å². The van der Waals surface area contributed by atoms with Crippen LogP contribution in [0.2, 0.25) is 0 Å². The molecule has 1 heterocycles. The van der Waals surface area contributed by atoms with Crippen molar-refractivity contribution in [3.8, 4) is 17.2 Å². The van der Waals surface area contributed by atoms with Crippen molar-refractivity contribution in [3.05, 3.63) is 51.9 Å². The molecule has 0 amide bonds. The number of aryl methyl sites for hydroxylation is 1. The number of unbranched alkanes of at least 4 members (excludes halogenated alkanes) is 5. The molecule has 1 aromatic heterocycles. The highest BCUT2D eigenvalue weighted by atomic mass is 16.5. The number of fused-ring (bicyclic) bond motifs is 1. The Morgan fingerprint density at radius 3 is 2.45 bits per heavy atom. The number of phenolic OH excluding ortho intramolecular Hbond substituents is 1. The van der Waals surface area contributed by atoms with Crippen molar-refractivity contribution >= 4 is 10.9 Å². The molecule has 2 rings (SSSR count). The predicted octanol–water partition coefficient (Wildman–Crippen LogP) is 7.15. The van der Waals surface area contributed by atoms with E-state index in [0.717, 1.165) is 31.1 Å². The minimum atomic E-state index is -0.214. The van der Waals surface area contributed by atoms with Crippen molar-refractivity contribution in [3.63, 3.8) is 0 Å². The van der Waals surface area contributed by atoms with Crippen molar-refractivity contribution in [2.45, 2.75) is 85.6 Å². The van der Waals surface area contributed by atoms with Crippen LogP contribution in [0.1, 0.15) is 79.1 Å². The van der Waals surface area contributed by atoms with Gasteiger partial charge in [0.05, 0.1) is 12.6 Å². The molecule has 0 radical (unpaired) electrons. The van der Waals surface area contributed by atoms with Crippen LogP contribution in [0.3, 0.4) is 0 Å². The molecule has 182 valence electrons. The zero-order valence-corrected chi connectivity index (χ0v) is 21.1. The monoisotopic (exact) mass is 455 g/mol. The third kappa shape index (κ3) is 7.99. The van der Waals surface area contributed by atoms with Crippen LogP contribution in [0.25, 0.3) is 10.9 Å². The number of aromatic nitrogens is 1. The fourth-order valence-electron chi connectivity index (χ4n) is 3.95. The summed E-state index contributed by atoms with van der Waals surface area (Å²) in [6.07, 6.45) is 13.0. The van der Waals surface area contributed by atoms with E-state index < -0.39 is 0 Å². The summed E-state index contributed by atoms with van der Waals surface area (Å²) >= 11 is 0. The Kier molecular flexibility index (Phi) is 11.1. The van der Waals surface area contributed by atoms with Gasteiger partial charge in [-0.2, -0.15) is 0 Å². The van der Waals surface area contributed by atoms with E-state index in [1.165, 1.54) is 36.8 Å². The van der Waals surface area contributed by atoms with E-state index in [1.807, 2.05) is 6.08 Å². The lowest BCUT2D eigenvalue weighted by Gasteiger charge is -2.17. The minimum absolute atomic E-state index is 0.129. The average Bonchev–Trinajstić information content (AvgIpc) is 2.77. The Morgan fingerprint density at radius 1 is 1.03 bits per heavy atom. The molecule has 0 saturated carbocycles. The molecule has 0 aliphatic rings. The van der Waals surface area contributed by atoms with Gasteiger partial charge in [-0.05, 0) is 58.2 Å². The van der Waals surface area contributed by atoms with Crippen LogP contribution in [0, 0.1) is 0 Å². The highest BCUT2D eigenvalue weighted by Gasteiger charge is 2.19. The van der Waals surface area contributed by atoms with E-state index >= 15 is 0 Å². The lowest BCUT2D eigenvalue weighted by molar-refractivity contribution is 0.320. The van der Waals surface area contributed by atoms with Crippen molar-refractivity contribution in [1.29, 1.82) is 0 Å². The Bertz CT molecular complexity index is 1010. The number of rotatable bonds is 14. The van der Waals surface area contributed by atoms with Gasteiger partial charge < -0.3 is 19.1 Å². The number of methoxy groups -OCH3 is 1. The van der Waals surface area contributed by atoms with Crippen molar-refractivity contribution in [2.75, 3.05) is 13.7 Å². The first kappa shape index (κ1) is 26.6. The summed E-state index contributed by atoms with van der Waals surface area (Å²) in [7, 11) is 1.55. The highest BCUT2D eigenvalue weighted by molar-refractivity contribution is 5.89. The third-order valence-corrected chi connectivity index (χ3v) is 5.85. The quantitative estimate of drug-likeness (QED) is 0.243. The maximum atomic E-state index is 13.4. The van der Waals surface area contributed by atoms with Gasteiger partial charge in [0.15, 0.2) is 5.75 Å². The fraction of sp³-hybridized carbons (Fsp3) is 0.536. The summed E-state index contributed by atoms with van der Waals surface area (Å²) in [5.74, 6) is 0.782. The molecule has 0 aliphatic heterocycles. The molecular weight excluding hydrogens is 414 g/mol. The van der Waals surface area contributed by atoms with Crippen LogP contribution in [0.5, 0.6) is 17.2 Å². The Labute approximate surface area is 198 Å². The predicted molar refractivity (Wildman–Crippen MR) is 138 cm³/mol. The number of hydrogen-bond donors (Lipinski definition) is 1. The van der Waals surface area contributed by atoms with Gasteiger partial charge in [0.1, 0.15) is 12.4 Å². The maximum absolute atomic E-state index is 13.4. The van der Waals surface area contributed by atoms with Gasteiger partial charge in [0, 0.05) is 18.0 Å². The first-order valence-electron chi connectivity index (χ1n) is 12.2. The van der Waals surface area contributed by atoms with Crippen LogP contribution in [0.4, 0.5) is 0 Å². The number of allylic oxidation sites excluding steroid dienone is 3. The molecule has 0 unspecified atom stereocenters. The molecule has 5 heteroatoms. The van der Waals surface area contributed by atoms with E-state index in [9.17, 15) is 9.90 Å². The number of pyridine rings is 1.